The molecule has 0 radical (unpaired) electrons. The number of benzene rings is 1. The van der Waals surface area contributed by atoms with Crippen LogP contribution in [0.2, 0.25) is 0 Å². The third-order valence-electron chi connectivity index (χ3n) is 4.38. The van der Waals surface area contributed by atoms with Crippen molar-refractivity contribution >= 4 is 23.2 Å². The number of nitrogens with zero attached hydrogens (tertiary/aromatic N) is 1. The van der Waals surface area contributed by atoms with Crippen LogP contribution in [-0.2, 0) is 30.5 Å². The van der Waals surface area contributed by atoms with E-state index >= 15 is 0 Å². The van der Waals surface area contributed by atoms with Crippen LogP contribution in [0.25, 0.3) is 0 Å². The van der Waals surface area contributed by atoms with E-state index < -0.39 is 5.97 Å². The van der Waals surface area contributed by atoms with Gasteiger partial charge in [-0.25, -0.2) is 9.78 Å². The summed E-state index contributed by atoms with van der Waals surface area (Å²) in [4.78, 5) is 29.4. The number of nitrogens with one attached hydrogen (secondary N) is 1. The van der Waals surface area contributed by atoms with E-state index in [9.17, 15) is 9.59 Å². The molecule has 25 heavy (non-hydrogen) atoms. The van der Waals surface area contributed by atoms with E-state index in [1.165, 1.54) is 29.5 Å². The number of amides is 1. The summed E-state index contributed by atoms with van der Waals surface area (Å²) < 4.78 is 0. The first kappa shape index (κ1) is 17.6. The highest BCUT2D eigenvalue weighted by Crippen LogP contribution is 2.27. The number of carbonyl (C=O) groups is 2. The van der Waals surface area contributed by atoms with Gasteiger partial charge < -0.3 is 10.4 Å². The van der Waals surface area contributed by atoms with Gasteiger partial charge in [-0.3, -0.25) is 4.79 Å². The Hall–Kier alpha value is -2.21. The second kappa shape index (κ2) is 8.25. The van der Waals surface area contributed by atoms with Crippen molar-refractivity contribution in [1.82, 2.24) is 10.3 Å². The number of aromatic nitrogens is 1. The fourth-order valence-electron chi connectivity index (χ4n) is 3.10. The second-order valence-electron chi connectivity index (χ2n) is 6.28. The molecule has 1 aromatic heterocycles. The number of carboxylic acid groups (broad SMARTS) is 1. The maximum atomic E-state index is 12.0. The lowest BCUT2D eigenvalue weighted by molar-refractivity contribution is -0.120. The van der Waals surface area contributed by atoms with E-state index in [0.29, 0.717) is 12.1 Å². The number of aromatic carboxylic acids is 1. The molecular weight excluding hydrogens is 336 g/mol. The number of carbonyl (C=O) groups excluding carboxylic acids is 1. The van der Waals surface area contributed by atoms with Gasteiger partial charge in [0.05, 0.1) is 22.7 Å². The summed E-state index contributed by atoms with van der Waals surface area (Å²) in [6.07, 6.45) is 6.58. The molecule has 0 saturated heterocycles. The normalized spacial score (nSPS) is 13.3. The maximum absolute atomic E-state index is 12.0. The summed E-state index contributed by atoms with van der Waals surface area (Å²) in [6.45, 7) is 0.582. The van der Waals surface area contributed by atoms with Gasteiger partial charge in [0.15, 0.2) is 0 Å². The Morgan fingerprint density at radius 2 is 2.00 bits per heavy atom. The molecule has 3 rings (SSSR count). The first-order valence-electron chi connectivity index (χ1n) is 8.69. The van der Waals surface area contributed by atoms with Gasteiger partial charge in [-0.1, -0.05) is 18.2 Å². The highest BCUT2D eigenvalue weighted by atomic mass is 32.1. The summed E-state index contributed by atoms with van der Waals surface area (Å²) in [6, 6.07) is 6.62. The average molecular weight is 358 g/mol. The van der Waals surface area contributed by atoms with Crippen LogP contribution < -0.4 is 5.32 Å². The number of aryl methyl sites for hydroxylation is 3. The molecule has 1 amide bonds. The Labute approximate surface area is 151 Å². The minimum atomic E-state index is -1.00. The van der Waals surface area contributed by atoms with Crippen LogP contribution in [0.1, 0.15) is 50.8 Å². The smallest absolute Gasteiger partial charge is 0.335 e. The first-order valence-corrected chi connectivity index (χ1v) is 9.50. The van der Waals surface area contributed by atoms with Gasteiger partial charge in [-0.15, -0.1) is 11.3 Å². The Morgan fingerprint density at radius 3 is 2.80 bits per heavy atom. The number of fused-ring (bicyclic) bond motifs is 1. The van der Waals surface area contributed by atoms with Crippen molar-refractivity contribution in [3.63, 3.8) is 0 Å². The van der Waals surface area contributed by atoms with Gasteiger partial charge in [0.2, 0.25) is 5.91 Å². The van der Waals surface area contributed by atoms with Crippen molar-refractivity contribution in [2.24, 2.45) is 0 Å². The topological polar surface area (TPSA) is 79.3 Å². The molecule has 0 spiro atoms. The van der Waals surface area contributed by atoms with E-state index in [1.807, 2.05) is 11.3 Å². The number of rotatable bonds is 7. The molecule has 1 aromatic carbocycles. The molecule has 2 N–H and O–H groups in total. The van der Waals surface area contributed by atoms with Gasteiger partial charge in [-0.05, 0) is 43.7 Å². The van der Waals surface area contributed by atoms with Gasteiger partial charge >= 0.3 is 5.97 Å². The molecule has 0 bridgehead atoms. The minimum Gasteiger partial charge on any atom is -0.478 e. The number of hydrogen-bond donors (Lipinski definition) is 2. The quantitative estimate of drug-likeness (QED) is 0.746. The number of hydrogen-bond acceptors (Lipinski definition) is 4. The average Bonchev–Trinajstić information content (AvgIpc) is 3.02. The summed E-state index contributed by atoms with van der Waals surface area (Å²) >= 11 is 1.81. The van der Waals surface area contributed by atoms with Crippen molar-refractivity contribution in [2.45, 2.75) is 44.9 Å². The van der Waals surface area contributed by atoms with Gasteiger partial charge in [0.25, 0.3) is 0 Å². The van der Waals surface area contributed by atoms with Gasteiger partial charge in [0.1, 0.15) is 0 Å². The molecule has 6 heteroatoms. The molecule has 0 atom stereocenters. The van der Waals surface area contributed by atoms with Crippen LogP contribution in [0.5, 0.6) is 0 Å². The molecular formula is C19H22N2O3S. The fraction of sp³-hybridized carbons (Fsp3) is 0.421. The third kappa shape index (κ3) is 4.66. The lowest BCUT2D eigenvalue weighted by atomic mass is 10.0. The molecule has 0 unspecified atom stereocenters. The lowest BCUT2D eigenvalue weighted by Crippen LogP contribution is -2.27. The van der Waals surface area contributed by atoms with Gasteiger partial charge in [0, 0.05) is 17.8 Å². The molecule has 132 valence electrons. The number of carboxylic acids is 1. The lowest BCUT2D eigenvalue weighted by Gasteiger charge is -2.07. The van der Waals surface area contributed by atoms with E-state index in [2.05, 4.69) is 5.32 Å². The van der Waals surface area contributed by atoms with Crippen molar-refractivity contribution < 1.29 is 14.7 Å². The Bertz CT molecular complexity index is 746. The Morgan fingerprint density at radius 1 is 1.20 bits per heavy atom. The van der Waals surface area contributed by atoms with Crippen LogP contribution in [0.15, 0.2) is 24.3 Å². The molecule has 5 nitrogen and oxygen atoms in total. The minimum absolute atomic E-state index is 0.0913. The molecule has 0 saturated carbocycles. The van der Waals surface area contributed by atoms with E-state index in [1.54, 1.807) is 18.2 Å². The van der Waals surface area contributed by atoms with E-state index in [4.69, 9.17) is 10.1 Å². The largest absolute Gasteiger partial charge is 0.478 e. The zero-order valence-electron chi connectivity index (χ0n) is 14.1. The monoisotopic (exact) mass is 358 g/mol. The molecule has 1 heterocycles. The summed E-state index contributed by atoms with van der Waals surface area (Å²) in [7, 11) is 0. The zero-order valence-corrected chi connectivity index (χ0v) is 14.9. The summed E-state index contributed by atoms with van der Waals surface area (Å²) in [5.74, 6) is -1.15. The van der Waals surface area contributed by atoms with Crippen molar-refractivity contribution in [3.8, 4) is 0 Å². The van der Waals surface area contributed by atoms with Crippen LogP contribution >= 0.6 is 11.3 Å². The fourth-order valence-corrected chi connectivity index (χ4v) is 4.30. The van der Waals surface area contributed by atoms with Crippen LogP contribution in [0.4, 0.5) is 0 Å². The van der Waals surface area contributed by atoms with Crippen LogP contribution in [-0.4, -0.2) is 28.5 Å². The van der Waals surface area contributed by atoms with Crippen LogP contribution in [0.3, 0.4) is 0 Å². The van der Waals surface area contributed by atoms with Gasteiger partial charge in [-0.2, -0.15) is 0 Å². The Kier molecular flexibility index (Phi) is 5.81. The predicted octanol–water partition coefficient (Wildman–Crippen LogP) is 3.01. The Balaban J connectivity index is 1.44. The van der Waals surface area contributed by atoms with E-state index in [-0.39, 0.29) is 17.9 Å². The standard InChI is InChI=1S/C19H22N2O3S/c22-17(12-13-6-1-2-7-14(13)19(23)24)20-11-5-10-18-21-15-8-3-4-9-16(15)25-18/h1-2,6-7H,3-5,8-12H2,(H,20,22)(H,23,24). The molecule has 1 aliphatic rings. The van der Waals surface area contributed by atoms with Crippen molar-refractivity contribution in [3.05, 3.63) is 51.0 Å². The highest BCUT2D eigenvalue weighted by Gasteiger charge is 2.15. The van der Waals surface area contributed by atoms with Crippen LogP contribution in [0, 0.1) is 0 Å². The predicted molar refractivity (Wildman–Crippen MR) is 97.2 cm³/mol. The van der Waals surface area contributed by atoms with E-state index in [0.717, 1.165) is 30.7 Å². The summed E-state index contributed by atoms with van der Waals surface area (Å²) in [5.41, 5.74) is 2.01. The molecule has 0 fully saturated rings. The SMILES string of the molecule is O=C(Cc1ccccc1C(=O)O)NCCCc1nc2c(s1)CCCC2. The van der Waals surface area contributed by atoms with Crippen molar-refractivity contribution in [2.75, 3.05) is 6.54 Å². The number of thiazole rings is 1. The summed E-state index contributed by atoms with van der Waals surface area (Å²) in [5, 5.41) is 13.2. The molecule has 1 aliphatic carbocycles. The molecule has 0 aliphatic heterocycles. The molecule has 2 aromatic rings. The highest BCUT2D eigenvalue weighted by molar-refractivity contribution is 7.11. The maximum Gasteiger partial charge on any atom is 0.335 e. The third-order valence-corrected chi connectivity index (χ3v) is 5.60. The first-order chi connectivity index (χ1) is 12.1. The van der Waals surface area contributed by atoms with Crippen molar-refractivity contribution in [1.29, 1.82) is 0 Å². The zero-order chi connectivity index (χ0) is 17.6. The second-order valence-corrected chi connectivity index (χ2v) is 7.45.